The van der Waals surface area contributed by atoms with Crippen molar-refractivity contribution in [3.05, 3.63) is 30.0 Å². The Kier molecular flexibility index (Phi) is 3.44. The number of rotatable bonds is 4. The molecule has 4 nitrogen and oxygen atoms in total. The average Bonchev–Trinajstić information content (AvgIpc) is 2.73. The standard InChI is InChI=1S/C13H16N2O2/c1-2-13(16)17-10-3-4-12-11(7-10)9(5-6-14)8-15-12/h3-4,7-8,15H,2,5-6,14H2,1H3. The van der Waals surface area contributed by atoms with Gasteiger partial charge in [-0.2, -0.15) is 0 Å². The fraction of sp³-hybridized carbons (Fsp3) is 0.308. The van der Waals surface area contributed by atoms with E-state index in [2.05, 4.69) is 4.98 Å². The maximum absolute atomic E-state index is 11.2. The summed E-state index contributed by atoms with van der Waals surface area (Å²) in [6.45, 7) is 2.38. The summed E-state index contributed by atoms with van der Waals surface area (Å²) in [5.74, 6) is 0.363. The van der Waals surface area contributed by atoms with E-state index in [1.165, 1.54) is 0 Å². The first-order chi connectivity index (χ1) is 8.24. The highest BCUT2D eigenvalue weighted by Gasteiger charge is 2.06. The van der Waals surface area contributed by atoms with Gasteiger partial charge in [-0.25, -0.2) is 0 Å². The van der Waals surface area contributed by atoms with Gasteiger partial charge in [0.25, 0.3) is 0 Å². The number of nitrogens with one attached hydrogen (secondary N) is 1. The molecule has 2 aromatic rings. The summed E-state index contributed by atoms with van der Waals surface area (Å²) in [6, 6.07) is 5.58. The van der Waals surface area contributed by atoms with Gasteiger partial charge in [0.1, 0.15) is 5.75 Å². The highest BCUT2D eigenvalue weighted by atomic mass is 16.5. The van der Waals surface area contributed by atoms with Crippen LogP contribution in [0.1, 0.15) is 18.9 Å². The quantitative estimate of drug-likeness (QED) is 0.625. The largest absolute Gasteiger partial charge is 0.427 e. The normalized spacial score (nSPS) is 10.7. The van der Waals surface area contributed by atoms with Gasteiger partial charge in [-0.3, -0.25) is 4.79 Å². The van der Waals surface area contributed by atoms with Crippen LogP contribution in [0.3, 0.4) is 0 Å². The van der Waals surface area contributed by atoms with E-state index in [0.29, 0.717) is 18.7 Å². The number of fused-ring (bicyclic) bond motifs is 1. The summed E-state index contributed by atoms with van der Waals surface area (Å²) in [5, 5.41) is 1.07. The van der Waals surface area contributed by atoms with Crippen molar-refractivity contribution in [2.45, 2.75) is 19.8 Å². The number of carbonyl (C=O) groups is 1. The predicted octanol–water partition coefficient (Wildman–Crippen LogP) is 1.98. The lowest BCUT2D eigenvalue weighted by atomic mass is 10.1. The lowest BCUT2D eigenvalue weighted by Gasteiger charge is -2.03. The van der Waals surface area contributed by atoms with Crippen molar-refractivity contribution in [1.29, 1.82) is 0 Å². The smallest absolute Gasteiger partial charge is 0.310 e. The van der Waals surface area contributed by atoms with Crippen molar-refractivity contribution in [3.63, 3.8) is 0 Å². The van der Waals surface area contributed by atoms with Gasteiger partial charge in [0.15, 0.2) is 0 Å². The van der Waals surface area contributed by atoms with Crippen molar-refractivity contribution < 1.29 is 9.53 Å². The first-order valence-corrected chi connectivity index (χ1v) is 5.75. The van der Waals surface area contributed by atoms with Crippen molar-refractivity contribution >= 4 is 16.9 Å². The minimum atomic E-state index is -0.222. The Hall–Kier alpha value is -1.81. The monoisotopic (exact) mass is 232 g/mol. The molecule has 0 aliphatic heterocycles. The molecule has 0 amide bonds. The van der Waals surface area contributed by atoms with Crippen molar-refractivity contribution in [1.82, 2.24) is 4.98 Å². The molecule has 0 fully saturated rings. The zero-order chi connectivity index (χ0) is 12.3. The lowest BCUT2D eigenvalue weighted by molar-refractivity contribution is -0.134. The third-order valence-electron chi connectivity index (χ3n) is 2.67. The Labute approximate surface area is 99.8 Å². The fourth-order valence-electron chi connectivity index (χ4n) is 1.79. The lowest BCUT2D eigenvalue weighted by Crippen LogP contribution is -2.05. The van der Waals surface area contributed by atoms with Crippen molar-refractivity contribution in [2.75, 3.05) is 6.54 Å². The number of H-pyrrole nitrogens is 1. The van der Waals surface area contributed by atoms with Gasteiger partial charge in [0.05, 0.1) is 0 Å². The molecule has 1 heterocycles. The van der Waals surface area contributed by atoms with Crippen LogP contribution in [-0.2, 0) is 11.2 Å². The first-order valence-electron chi connectivity index (χ1n) is 5.75. The number of hydrogen-bond donors (Lipinski definition) is 2. The molecule has 0 aliphatic rings. The number of hydrogen-bond acceptors (Lipinski definition) is 3. The molecule has 0 bridgehead atoms. The van der Waals surface area contributed by atoms with Gasteiger partial charge in [-0.15, -0.1) is 0 Å². The van der Waals surface area contributed by atoms with E-state index in [0.717, 1.165) is 22.9 Å². The zero-order valence-electron chi connectivity index (χ0n) is 9.82. The maximum Gasteiger partial charge on any atom is 0.310 e. The van der Waals surface area contributed by atoms with Crippen LogP contribution < -0.4 is 10.5 Å². The Morgan fingerprint density at radius 1 is 1.47 bits per heavy atom. The van der Waals surface area contributed by atoms with Gasteiger partial charge in [0.2, 0.25) is 0 Å². The Bertz CT molecular complexity index is 531. The molecule has 0 saturated carbocycles. The molecule has 0 saturated heterocycles. The molecule has 0 spiro atoms. The van der Waals surface area contributed by atoms with Crippen LogP contribution in [0, 0.1) is 0 Å². The Morgan fingerprint density at radius 3 is 3.00 bits per heavy atom. The van der Waals surface area contributed by atoms with Crippen molar-refractivity contribution in [2.24, 2.45) is 5.73 Å². The Morgan fingerprint density at radius 2 is 2.29 bits per heavy atom. The van der Waals surface area contributed by atoms with E-state index in [9.17, 15) is 4.79 Å². The summed E-state index contributed by atoms with van der Waals surface area (Å²) < 4.78 is 5.19. The van der Waals surface area contributed by atoms with E-state index < -0.39 is 0 Å². The summed E-state index contributed by atoms with van der Waals surface area (Å²) in [4.78, 5) is 14.4. The number of ether oxygens (including phenoxy) is 1. The second-order valence-electron chi connectivity index (χ2n) is 3.89. The number of benzene rings is 1. The third-order valence-corrected chi connectivity index (χ3v) is 2.67. The molecule has 0 unspecified atom stereocenters. The number of aromatic amines is 1. The van der Waals surface area contributed by atoms with Crippen molar-refractivity contribution in [3.8, 4) is 5.75 Å². The first kappa shape index (κ1) is 11.7. The van der Waals surface area contributed by atoms with Crippen LogP contribution in [0.15, 0.2) is 24.4 Å². The molecule has 0 aliphatic carbocycles. The predicted molar refractivity (Wildman–Crippen MR) is 67.0 cm³/mol. The van der Waals surface area contributed by atoms with E-state index >= 15 is 0 Å². The summed E-state index contributed by atoms with van der Waals surface area (Å²) >= 11 is 0. The van der Waals surface area contributed by atoms with E-state index in [4.69, 9.17) is 10.5 Å². The molecule has 3 N–H and O–H groups in total. The molecule has 2 rings (SSSR count). The van der Waals surface area contributed by atoms with Crippen LogP contribution in [0.5, 0.6) is 5.75 Å². The van der Waals surface area contributed by atoms with E-state index in [1.54, 1.807) is 13.0 Å². The van der Waals surface area contributed by atoms with Crippen LogP contribution in [0.25, 0.3) is 10.9 Å². The summed E-state index contributed by atoms with van der Waals surface area (Å²) in [7, 11) is 0. The highest BCUT2D eigenvalue weighted by molar-refractivity contribution is 5.85. The third kappa shape index (κ3) is 2.47. The maximum atomic E-state index is 11.2. The molecular formula is C13H16N2O2. The molecule has 90 valence electrons. The average molecular weight is 232 g/mol. The summed E-state index contributed by atoms with van der Waals surface area (Å²) in [6.07, 6.45) is 3.13. The van der Waals surface area contributed by atoms with Crippen LogP contribution in [0.2, 0.25) is 0 Å². The van der Waals surface area contributed by atoms with Gasteiger partial charge < -0.3 is 15.5 Å². The molecule has 1 aromatic carbocycles. The molecule has 0 radical (unpaired) electrons. The van der Waals surface area contributed by atoms with Crippen LogP contribution >= 0.6 is 0 Å². The Balaban J connectivity index is 2.33. The molecule has 1 aromatic heterocycles. The molecule has 0 atom stereocenters. The SMILES string of the molecule is CCC(=O)Oc1ccc2[nH]cc(CCN)c2c1. The van der Waals surface area contributed by atoms with E-state index in [-0.39, 0.29) is 5.97 Å². The van der Waals surface area contributed by atoms with Crippen LogP contribution in [-0.4, -0.2) is 17.5 Å². The zero-order valence-corrected chi connectivity index (χ0v) is 9.82. The molecule has 4 heteroatoms. The van der Waals surface area contributed by atoms with Gasteiger partial charge in [-0.1, -0.05) is 6.92 Å². The highest BCUT2D eigenvalue weighted by Crippen LogP contribution is 2.24. The molecule has 17 heavy (non-hydrogen) atoms. The van der Waals surface area contributed by atoms with Gasteiger partial charge >= 0.3 is 5.97 Å². The minimum absolute atomic E-state index is 0.222. The van der Waals surface area contributed by atoms with Gasteiger partial charge in [0, 0.05) is 23.5 Å². The topological polar surface area (TPSA) is 68.1 Å². The number of aromatic nitrogens is 1. The second-order valence-corrected chi connectivity index (χ2v) is 3.89. The number of carbonyl (C=O) groups excluding carboxylic acids is 1. The molecular weight excluding hydrogens is 216 g/mol. The number of esters is 1. The second kappa shape index (κ2) is 5.01. The van der Waals surface area contributed by atoms with E-state index in [1.807, 2.05) is 18.3 Å². The number of nitrogens with two attached hydrogens (primary N) is 1. The van der Waals surface area contributed by atoms with Crippen LogP contribution in [0.4, 0.5) is 0 Å². The van der Waals surface area contributed by atoms with Gasteiger partial charge in [-0.05, 0) is 36.7 Å². The minimum Gasteiger partial charge on any atom is -0.427 e. The summed E-state index contributed by atoms with van der Waals surface area (Å²) in [5.41, 5.74) is 7.73. The fourth-order valence-corrected chi connectivity index (χ4v) is 1.79.